The minimum atomic E-state index is 0.465. The lowest BCUT2D eigenvalue weighted by atomic mass is 9.96. The molecule has 132 valence electrons. The average molecular weight is 329 g/mol. The second-order valence-electron chi connectivity index (χ2n) is 7.84. The van der Waals surface area contributed by atoms with Gasteiger partial charge in [-0.3, -0.25) is 4.90 Å². The van der Waals surface area contributed by atoms with Crippen molar-refractivity contribution in [3.05, 3.63) is 35.7 Å². The van der Waals surface area contributed by atoms with Crippen LogP contribution in [-0.4, -0.2) is 55.1 Å². The van der Waals surface area contributed by atoms with E-state index in [1.165, 1.54) is 35.6 Å². The number of likely N-dealkylation sites (tertiary alicyclic amines) is 1. The Morgan fingerprint density at radius 2 is 2.04 bits per heavy atom. The number of anilines is 1. The third-order valence-corrected chi connectivity index (χ3v) is 5.82. The topological polar surface area (TPSA) is 22.6 Å². The minimum Gasteiger partial charge on any atom is -0.374 e. The lowest BCUT2D eigenvalue weighted by Gasteiger charge is -2.39. The van der Waals surface area contributed by atoms with Crippen molar-refractivity contribution in [3.63, 3.8) is 0 Å². The molecule has 24 heavy (non-hydrogen) atoms. The third kappa shape index (κ3) is 3.16. The van der Waals surface area contributed by atoms with E-state index >= 15 is 0 Å². The molecule has 3 rings (SSSR count). The smallest absolute Gasteiger partial charge is 0.133 e. The largest absolute Gasteiger partial charge is 0.374 e. The van der Waals surface area contributed by atoms with Crippen molar-refractivity contribution < 1.29 is 0 Å². The number of pyridine rings is 1. The molecule has 2 aliphatic heterocycles. The zero-order valence-corrected chi connectivity index (χ0v) is 15.9. The van der Waals surface area contributed by atoms with Gasteiger partial charge < -0.3 is 9.80 Å². The Morgan fingerprint density at radius 1 is 1.29 bits per heavy atom. The van der Waals surface area contributed by atoms with Crippen LogP contribution in [0.3, 0.4) is 0 Å². The fourth-order valence-electron chi connectivity index (χ4n) is 4.03. The third-order valence-electron chi connectivity index (χ3n) is 5.82. The molecule has 1 fully saturated rings. The van der Waals surface area contributed by atoms with E-state index in [9.17, 15) is 0 Å². The van der Waals surface area contributed by atoms with E-state index in [0.717, 1.165) is 19.5 Å². The minimum absolute atomic E-state index is 0.465. The van der Waals surface area contributed by atoms with Gasteiger partial charge in [0, 0.05) is 56.2 Å². The molecule has 1 aromatic heterocycles. The van der Waals surface area contributed by atoms with Gasteiger partial charge in [0.2, 0.25) is 0 Å². The highest BCUT2D eigenvalue weighted by atomic mass is 15.3. The summed E-state index contributed by atoms with van der Waals surface area (Å²) in [5.41, 5.74) is 3.85. The summed E-state index contributed by atoms with van der Waals surface area (Å²) in [6.07, 6.45) is 3.53. The number of rotatable bonds is 4. The fourth-order valence-corrected chi connectivity index (χ4v) is 4.03. The van der Waals surface area contributed by atoms with E-state index in [1.807, 2.05) is 0 Å². The monoisotopic (exact) mass is 328 g/mol. The molecule has 0 saturated carbocycles. The van der Waals surface area contributed by atoms with Gasteiger partial charge in [-0.1, -0.05) is 26.5 Å². The molecule has 0 bridgehead atoms. The quantitative estimate of drug-likeness (QED) is 0.842. The van der Waals surface area contributed by atoms with Gasteiger partial charge in [-0.15, -0.1) is 0 Å². The maximum absolute atomic E-state index is 4.96. The first-order valence-corrected chi connectivity index (χ1v) is 9.21. The van der Waals surface area contributed by atoms with E-state index in [2.05, 4.69) is 68.4 Å². The molecule has 3 heterocycles. The molecule has 0 amide bonds. The normalized spacial score (nSPS) is 24.2. The predicted molar refractivity (Wildman–Crippen MR) is 102 cm³/mol. The molecular formula is C20H32N4. The zero-order valence-electron chi connectivity index (χ0n) is 15.9. The SMILES string of the molecule is C=C1CC[C@H](CN(C)C2CCN(C)c3nc(C(C)C)ccc32)N1C. The van der Waals surface area contributed by atoms with E-state index in [1.54, 1.807) is 0 Å². The molecule has 0 spiro atoms. The highest BCUT2D eigenvalue weighted by Gasteiger charge is 2.31. The second-order valence-corrected chi connectivity index (χ2v) is 7.84. The van der Waals surface area contributed by atoms with Gasteiger partial charge in [0.1, 0.15) is 5.82 Å². The van der Waals surface area contributed by atoms with Crippen molar-refractivity contribution in [2.75, 3.05) is 39.1 Å². The number of hydrogen-bond donors (Lipinski definition) is 0. The van der Waals surface area contributed by atoms with Crippen LogP contribution in [0.15, 0.2) is 24.4 Å². The Hall–Kier alpha value is -1.55. The average Bonchev–Trinajstić information content (AvgIpc) is 2.87. The van der Waals surface area contributed by atoms with E-state index in [0.29, 0.717) is 18.0 Å². The molecule has 4 heteroatoms. The molecule has 0 radical (unpaired) electrons. The van der Waals surface area contributed by atoms with Crippen LogP contribution in [-0.2, 0) is 0 Å². The molecule has 0 N–H and O–H groups in total. The molecule has 4 nitrogen and oxygen atoms in total. The predicted octanol–water partition coefficient (Wildman–Crippen LogP) is 3.63. The maximum atomic E-state index is 4.96. The van der Waals surface area contributed by atoms with Gasteiger partial charge >= 0.3 is 0 Å². The van der Waals surface area contributed by atoms with Gasteiger partial charge in [0.15, 0.2) is 0 Å². The molecule has 0 aromatic carbocycles. The van der Waals surface area contributed by atoms with Gasteiger partial charge in [0.25, 0.3) is 0 Å². The maximum Gasteiger partial charge on any atom is 0.133 e. The Bertz CT molecular complexity index is 610. The number of hydrogen-bond acceptors (Lipinski definition) is 4. The molecule has 2 atom stereocenters. The number of allylic oxidation sites excluding steroid dienone is 1. The molecule has 1 unspecified atom stereocenters. The lowest BCUT2D eigenvalue weighted by molar-refractivity contribution is 0.177. The van der Waals surface area contributed by atoms with Crippen LogP contribution in [0.1, 0.15) is 56.3 Å². The first-order valence-electron chi connectivity index (χ1n) is 9.21. The van der Waals surface area contributed by atoms with Crippen molar-refractivity contribution >= 4 is 5.82 Å². The molecule has 1 aromatic rings. The first-order chi connectivity index (χ1) is 11.4. The number of nitrogens with zero attached hydrogens (tertiary/aromatic N) is 4. The highest BCUT2D eigenvalue weighted by molar-refractivity contribution is 5.51. The first kappa shape index (κ1) is 17.3. The zero-order chi connectivity index (χ0) is 17.4. The van der Waals surface area contributed by atoms with Crippen molar-refractivity contribution in [3.8, 4) is 0 Å². The summed E-state index contributed by atoms with van der Waals surface area (Å²) >= 11 is 0. The van der Waals surface area contributed by atoms with Crippen molar-refractivity contribution in [2.45, 2.75) is 51.1 Å². The summed E-state index contributed by atoms with van der Waals surface area (Å²) in [6.45, 7) is 10.8. The van der Waals surface area contributed by atoms with Crippen LogP contribution in [0.5, 0.6) is 0 Å². The molecule has 0 aliphatic carbocycles. The van der Waals surface area contributed by atoms with Crippen LogP contribution in [0.25, 0.3) is 0 Å². The van der Waals surface area contributed by atoms with Crippen LogP contribution in [0, 0.1) is 0 Å². The fraction of sp³-hybridized carbons (Fsp3) is 0.650. The summed E-state index contributed by atoms with van der Waals surface area (Å²) in [7, 11) is 6.62. The highest BCUT2D eigenvalue weighted by Crippen LogP contribution is 2.37. The van der Waals surface area contributed by atoms with Crippen molar-refractivity contribution in [1.29, 1.82) is 0 Å². The van der Waals surface area contributed by atoms with E-state index in [4.69, 9.17) is 4.98 Å². The van der Waals surface area contributed by atoms with Crippen molar-refractivity contribution in [1.82, 2.24) is 14.8 Å². The Balaban J connectivity index is 1.80. The Labute approximate surface area is 147 Å². The second kappa shape index (κ2) is 6.75. The molecule has 1 saturated heterocycles. The van der Waals surface area contributed by atoms with Crippen molar-refractivity contribution in [2.24, 2.45) is 0 Å². The van der Waals surface area contributed by atoms with Gasteiger partial charge in [-0.25, -0.2) is 4.98 Å². The van der Waals surface area contributed by atoms with Gasteiger partial charge in [-0.05, 0) is 38.3 Å². The summed E-state index contributed by atoms with van der Waals surface area (Å²) in [5, 5.41) is 0. The van der Waals surface area contributed by atoms with E-state index in [-0.39, 0.29) is 0 Å². The summed E-state index contributed by atoms with van der Waals surface area (Å²) in [6, 6.07) is 5.58. The van der Waals surface area contributed by atoms with Gasteiger partial charge in [-0.2, -0.15) is 0 Å². The number of fused-ring (bicyclic) bond motifs is 1. The summed E-state index contributed by atoms with van der Waals surface area (Å²) < 4.78 is 0. The van der Waals surface area contributed by atoms with Gasteiger partial charge in [0.05, 0.1) is 0 Å². The van der Waals surface area contributed by atoms with E-state index < -0.39 is 0 Å². The Morgan fingerprint density at radius 3 is 2.67 bits per heavy atom. The van der Waals surface area contributed by atoms with Crippen LogP contribution in [0.2, 0.25) is 0 Å². The molecule has 2 aliphatic rings. The summed E-state index contributed by atoms with van der Waals surface area (Å²) in [4.78, 5) is 12.2. The lowest BCUT2D eigenvalue weighted by Crippen LogP contribution is -2.41. The molecular weight excluding hydrogens is 296 g/mol. The Kier molecular flexibility index (Phi) is 4.86. The standard InChI is InChI=1S/C20H32N4/c1-14(2)18-10-9-17-19(11-12-22(4)20(17)21-18)23(5)13-16-8-7-15(3)24(16)6/h9-10,14,16,19H,3,7-8,11-13H2,1-2,4-6H3/t16-,19?/m1/s1. The summed E-state index contributed by atoms with van der Waals surface area (Å²) in [5.74, 6) is 1.65. The number of aromatic nitrogens is 1. The van der Waals surface area contributed by atoms with Crippen LogP contribution >= 0.6 is 0 Å². The van der Waals surface area contributed by atoms with Crippen LogP contribution in [0.4, 0.5) is 5.82 Å². The van der Waals surface area contributed by atoms with Crippen LogP contribution < -0.4 is 4.90 Å². The number of likely N-dealkylation sites (N-methyl/N-ethyl adjacent to an activating group) is 2.